The first-order chi connectivity index (χ1) is 9.77. The van der Waals surface area contributed by atoms with Gasteiger partial charge in [-0.05, 0) is 30.9 Å². The predicted octanol–water partition coefficient (Wildman–Crippen LogP) is 3.41. The molecule has 21 heavy (non-hydrogen) atoms. The Morgan fingerprint density at radius 3 is 2.24 bits per heavy atom. The molecule has 0 spiro atoms. The molecule has 1 aromatic rings. The number of carbonyl (C=O) groups excluding carboxylic acids is 1. The quantitative estimate of drug-likeness (QED) is 0.856. The van der Waals surface area contributed by atoms with Gasteiger partial charge >= 0.3 is 0 Å². The molecule has 0 aliphatic heterocycles. The van der Waals surface area contributed by atoms with Crippen LogP contribution in [-0.4, -0.2) is 14.3 Å². The van der Waals surface area contributed by atoms with Gasteiger partial charge in [-0.2, -0.15) is 0 Å². The van der Waals surface area contributed by atoms with Crippen molar-refractivity contribution in [3.05, 3.63) is 23.8 Å². The fourth-order valence-electron chi connectivity index (χ4n) is 2.48. The maximum atomic E-state index is 13.7. The third kappa shape index (κ3) is 4.14. The van der Waals surface area contributed by atoms with Crippen molar-refractivity contribution in [2.45, 2.75) is 37.0 Å². The Hall–Kier alpha value is -1.21. The van der Waals surface area contributed by atoms with E-state index in [0.717, 1.165) is 25.7 Å². The Morgan fingerprint density at radius 1 is 1.24 bits per heavy atom. The van der Waals surface area contributed by atoms with E-state index in [2.05, 4.69) is 5.32 Å². The van der Waals surface area contributed by atoms with Crippen LogP contribution >= 0.6 is 10.7 Å². The summed E-state index contributed by atoms with van der Waals surface area (Å²) in [7, 11) is 0.793. The molecule has 0 unspecified atom stereocenters. The number of hydrogen-bond donors (Lipinski definition) is 1. The molecule has 116 valence electrons. The number of amides is 1. The van der Waals surface area contributed by atoms with Gasteiger partial charge in [-0.3, -0.25) is 4.79 Å². The number of rotatable bonds is 4. The molecule has 1 fully saturated rings. The van der Waals surface area contributed by atoms with Crippen molar-refractivity contribution in [1.82, 2.24) is 0 Å². The summed E-state index contributed by atoms with van der Waals surface area (Å²) in [5.41, 5.74) is -0.651. The molecule has 0 heterocycles. The molecule has 1 aliphatic carbocycles. The Bertz CT molecular complexity index is 634. The van der Waals surface area contributed by atoms with Crippen molar-refractivity contribution in [3.63, 3.8) is 0 Å². The molecule has 1 saturated carbocycles. The maximum absolute atomic E-state index is 13.7. The van der Waals surface area contributed by atoms with Crippen LogP contribution in [0.3, 0.4) is 0 Å². The monoisotopic (exact) mass is 337 g/mol. The highest BCUT2D eigenvalue weighted by Gasteiger charge is 2.22. The Labute approximate surface area is 125 Å². The molecule has 0 bridgehead atoms. The van der Waals surface area contributed by atoms with E-state index in [9.17, 15) is 22.0 Å². The number of anilines is 1. The molecule has 1 amide bonds. The lowest BCUT2D eigenvalue weighted by Crippen LogP contribution is -2.17. The topological polar surface area (TPSA) is 63.2 Å². The second-order valence-corrected chi connectivity index (χ2v) is 7.67. The molecule has 1 aliphatic rings. The van der Waals surface area contributed by atoms with E-state index in [4.69, 9.17) is 10.7 Å². The van der Waals surface area contributed by atoms with Crippen LogP contribution in [0.4, 0.5) is 14.5 Å². The van der Waals surface area contributed by atoms with Crippen LogP contribution in [0.25, 0.3) is 0 Å². The van der Waals surface area contributed by atoms with E-state index in [-0.39, 0.29) is 12.3 Å². The zero-order valence-electron chi connectivity index (χ0n) is 11.0. The van der Waals surface area contributed by atoms with Gasteiger partial charge in [-0.1, -0.05) is 12.8 Å². The van der Waals surface area contributed by atoms with Gasteiger partial charge in [0.15, 0.2) is 11.6 Å². The lowest BCUT2D eigenvalue weighted by atomic mass is 10.0. The minimum Gasteiger partial charge on any atom is -0.321 e. The number of hydrogen-bond acceptors (Lipinski definition) is 3. The molecule has 1 aromatic carbocycles. The van der Waals surface area contributed by atoms with Crippen LogP contribution in [0.5, 0.6) is 0 Å². The van der Waals surface area contributed by atoms with Gasteiger partial charge in [0.25, 0.3) is 9.05 Å². The summed E-state index contributed by atoms with van der Waals surface area (Å²) in [5.74, 6) is -2.59. The number of halogens is 3. The molecule has 4 nitrogen and oxygen atoms in total. The summed E-state index contributed by atoms with van der Waals surface area (Å²) >= 11 is 0. The lowest BCUT2D eigenvalue weighted by Gasteiger charge is -2.11. The molecule has 0 saturated heterocycles. The van der Waals surface area contributed by atoms with Crippen molar-refractivity contribution in [2.75, 3.05) is 5.32 Å². The first-order valence-corrected chi connectivity index (χ1v) is 8.82. The molecular formula is C13H14ClF2NO3S. The third-order valence-corrected chi connectivity index (χ3v) is 4.84. The van der Waals surface area contributed by atoms with Crippen molar-refractivity contribution in [3.8, 4) is 0 Å². The summed E-state index contributed by atoms with van der Waals surface area (Å²) in [4.78, 5) is 11.1. The fourth-order valence-corrected chi connectivity index (χ4v) is 3.23. The van der Waals surface area contributed by atoms with Crippen molar-refractivity contribution in [1.29, 1.82) is 0 Å². The van der Waals surface area contributed by atoms with E-state index in [1.54, 1.807) is 0 Å². The fraction of sp³-hybridized carbons (Fsp3) is 0.462. The highest BCUT2D eigenvalue weighted by Crippen LogP contribution is 2.29. The second kappa shape index (κ2) is 6.27. The zero-order valence-corrected chi connectivity index (χ0v) is 12.6. The van der Waals surface area contributed by atoms with Gasteiger partial charge in [0, 0.05) is 17.1 Å². The molecule has 0 aromatic heterocycles. The van der Waals surface area contributed by atoms with E-state index in [1.165, 1.54) is 0 Å². The first kappa shape index (κ1) is 16.2. The maximum Gasteiger partial charge on any atom is 0.261 e. The average Bonchev–Trinajstić information content (AvgIpc) is 2.85. The normalized spacial score (nSPS) is 16.1. The SMILES string of the molecule is O=C(CC1CCCC1)Nc1c(F)cc(S(=O)(=O)Cl)cc1F. The van der Waals surface area contributed by atoms with Crippen molar-refractivity contribution in [2.24, 2.45) is 5.92 Å². The van der Waals surface area contributed by atoms with E-state index < -0.39 is 37.2 Å². The summed E-state index contributed by atoms with van der Waals surface area (Å²) in [5, 5.41) is 2.16. The average molecular weight is 338 g/mol. The number of benzene rings is 1. The molecule has 0 radical (unpaired) electrons. The van der Waals surface area contributed by atoms with Gasteiger partial charge in [0.2, 0.25) is 5.91 Å². The van der Waals surface area contributed by atoms with Crippen molar-refractivity contribution >= 4 is 31.3 Å². The first-order valence-electron chi connectivity index (χ1n) is 6.51. The molecule has 8 heteroatoms. The van der Waals surface area contributed by atoms with E-state index >= 15 is 0 Å². The summed E-state index contributed by atoms with van der Waals surface area (Å²) in [6.45, 7) is 0. The van der Waals surface area contributed by atoms with Crippen molar-refractivity contribution < 1.29 is 22.0 Å². The van der Waals surface area contributed by atoms with Crippen LogP contribution in [0, 0.1) is 17.6 Å². The Kier molecular flexibility index (Phi) is 4.83. The number of carbonyl (C=O) groups is 1. The van der Waals surface area contributed by atoms with Gasteiger partial charge < -0.3 is 5.32 Å². The smallest absolute Gasteiger partial charge is 0.261 e. The van der Waals surface area contributed by atoms with Crippen LogP contribution in [0.1, 0.15) is 32.1 Å². The minimum absolute atomic E-state index is 0.203. The summed E-state index contributed by atoms with van der Waals surface area (Å²) in [6.07, 6.45) is 4.18. The van der Waals surface area contributed by atoms with Gasteiger partial charge in [0.1, 0.15) is 5.69 Å². The van der Waals surface area contributed by atoms with Gasteiger partial charge in [-0.15, -0.1) is 0 Å². The van der Waals surface area contributed by atoms with Gasteiger partial charge in [-0.25, -0.2) is 17.2 Å². The highest BCUT2D eigenvalue weighted by molar-refractivity contribution is 8.13. The predicted molar refractivity (Wildman–Crippen MR) is 74.6 cm³/mol. The lowest BCUT2D eigenvalue weighted by molar-refractivity contribution is -0.117. The van der Waals surface area contributed by atoms with Crippen LogP contribution < -0.4 is 5.32 Å². The largest absolute Gasteiger partial charge is 0.321 e. The molecule has 0 atom stereocenters. The van der Waals surface area contributed by atoms with Crippen LogP contribution in [0.2, 0.25) is 0 Å². The van der Waals surface area contributed by atoms with Crippen LogP contribution in [-0.2, 0) is 13.8 Å². The molecular weight excluding hydrogens is 324 g/mol. The number of nitrogens with one attached hydrogen (secondary N) is 1. The van der Waals surface area contributed by atoms with E-state index in [1.807, 2.05) is 0 Å². The van der Waals surface area contributed by atoms with Crippen LogP contribution in [0.15, 0.2) is 17.0 Å². The molecule has 2 rings (SSSR count). The highest BCUT2D eigenvalue weighted by atomic mass is 35.7. The Balaban J connectivity index is 2.14. The minimum atomic E-state index is -4.23. The zero-order chi connectivity index (χ0) is 15.6. The van der Waals surface area contributed by atoms with E-state index in [0.29, 0.717) is 12.1 Å². The Morgan fingerprint density at radius 2 is 1.76 bits per heavy atom. The third-order valence-electron chi connectivity index (χ3n) is 3.51. The standard InChI is InChI=1S/C13H14ClF2NO3S/c14-21(19,20)9-6-10(15)13(11(16)7-9)17-12(18)5-8-3-1-2-4-8/h6-8H,1-5H2,(H,17,18). The second-order valence-electron chi connectivity index (χ2n) is 5.10. The molecule has 1 N–H and O–H groups in total. The van der Waals surface area contributed by atoms with Gasteiger partial charge in [0.05, 0.1) is 4.90 Å². The summed E-state index contributed by atoms with van der Waals surface area (Å²) in [6, 6.07) is 1.16. The summed E-state index contributed by atoms with van der Waals surface area (Å²) < 4.78 is 49.6.